The minimum absolute atomic E-state index is 0.158. The molecule has 9 nitrogen and oxygen atoms in total. The molecule has 2 aromatic rings. The zero-order valence-electron chi connectivity index (χ0n) is 13.4. The SMILES string of the molecule is CC(=O)OCC1(COC(C)=O)C/C1=C\n1cnc2c(N)ncnc21. The van der Waals surface area contributed by atoms with E-state index in [1.807, 2.05) is 6.20 Å². The van der Waals surface area contributed by atoms with Gasteiger partial charge in [-0.3, -0.25) is 14.2 Å². The molecule has 3 rings (SSSR count). The van der Waals surface area contributed by atoms with Crippen LogP contribution in [0.25, 0.3) is 17.4 Å². The second-order valence-electron chi connectivity index (χ2n) is 5.75. The van der Waals surface area contributed by atoms with Crippen LogP contribution in [0.5, 0.6) is 0 Å². The number of carbonyl (C=O) groups excluding carboxylic acids is 2. The van der Waals surface area contributed by atoms with Crippen molar-refractivity contribution >= 4 is 35.1 Å². The summed E-state index contributed by atoms with van der Waals surface area (Å²) in [6.07, 6.45) is 5.44. The number of hydrogen-bond acceptors (Lipinski definition) is 8. The van der Waals surface area contributed by atoms with Crippen LogP contribution in [0.3, 0.4) is 0 Å². The molecular weight excluding hydrogens is 314 g/mol. The maximum atomic E-state index is 11.1. The lowest BCUT2D eigenvalue weighted by atomic mass is 10.1. The Labute approximate surface area is 137 Å². The Kier molecular flexibility index (Phi) is 3.92. The molecule has 2 heterocycles. The Morgan fingerprint density at radius 3 is 2.54 bits per heavy atom. The number of fused-ring (bicyclic) bond motifs is 1. The molecule has 1 aliphatic rings. The van der Waals surface area contributed by atoms with Gasteiger partial charge in [0.15, 0.2) is 17.0 Å². The van der Waals surface area contributed by atoms with Crippen LogP contribution in [0, 0.1) is 5.41 Å². The normalized spacial score (nSPS) is 17.0. The second-order valence-corrected chi connectivity index (χ2v) is 5.75. The average Bonchev–Trinajstić information content (AvgIpc) is 3.04. The molecule has 0 aromatic carbocycles. The highest BCUT2D eigenvalue weighted by Gasteiger charge is 2.51. The molecule has 126 valence electrons. The number of imidazole rings is 1. The van der Waals surface area contributed by atoms with E-state index in [0.717, 1.165) is 5.57 Å². The predicted octanol–water partition coefficient (Wildman–Crippen LogP) is 0.766. The molecule has 1 fully saturated rings. The second kappa shape index (κ2) is 5.91. The summed E-state index contributed by atoms with van der Waals surface area (Å²) in [7, 11) is 0. The molecule has 1 saturated carbocycles. The number of ether oxygens (including phenoxy) is 2. The lowest BCUT2D eigenvalue weighted by Gasteiger charge is -2.14. The Morgan fingerprint density at radius 1 is 1.25 bits per heavy atom. The van der Waals surface area contributed by atoms with Crippen LogP contribution in [-0.4, -0.2) is 44.7 Å². The van der Waals surface area contributed by atoms with E-state index < -0.39 is 5.41 Å². The first-order valence-corrected chi connectivity index (χ1v) is 7.32. The molecule has 1 aliphatic carbocycles. The monoisotopic (exact) mass is 331 g/mol. The van der Waals surface area contributed by atoms with Gasteiger partial charge in [-0.05, 0) is 12.0 Å². The maximum Gasteiger partial charge on any atom is 0.302 e. The van der Waals surface area contributed by atoms with E-state index >= 15 is 0 Å². The van der Waals surface area contributed by atoms with Gasteiger partial charge in [0, 0.05) is 20.0 Å². The molecule has 0 radical (unpaired) electrons. The maximum absolute atomic E-state index is 11.1. The molecule has 24 heavy (non-hydrogen) atoms. The summed E-state index contributed by atoms with van der Waals surface area (Å²) in [6, 6.07) is 0. The lowest BCUT2D eigenvalue weighted by molar-refractivity contribution is -0.146. The number of esters is 2. The van der Waals surface area contributed by atoms with Crippen molar-refractivity contribution in [3.8, 4) is 0 Å². The van der Waals surface area contributed by atoms with Crippen molar-refractivity contribution in [1.29, 1.82) is 0 Å². The Hall–Kier alpha value is -2.97. The quantitative estimate of drug-likeness (QED) is 0.797. The molecular formula is C15H17N5O4. The lowest BCUT2D eigenvalue weighted by Crippen LogP contribution is -2.21. The summed E-state index contributed by atoms with van der Waals surface area (Å²) in [5.74, 6) is -0.451. The van der Waals surface area contributed by atoms with Crippen LogP contribution < -0.4 is 5.73 Å². The number of anilines is 1. The molecule has 0 aliphatic heterocycles. The number of carbonyl (C=O) groups is 2. The topological polar surface area (TPSA) is 122 Å². The summed E-state index contributed by atoms with van der Waals surface area (Å²) in [6.45, 7) is 3.00. The van der Waals surface area contributed by atoms with E-state index in [0.29, 0.717) is 23.4 Å². The van der Waals surface area contributed by atoms with Gasteiger partial charge in [0.05, 0.1) is 5.41 Å². The van der Waals surface area contributed by atoms with Crippen LogP contribution in [-0.2, 0) is 19.1 Å². The van der Waals surface area contributed by atoms with E-state index in [9.17, 15) is 9.59 Å². The summed E-state index contributed by atoms with van der Waals surface area (Å²) < 4.78 is 12.0. The Balaban J connectivity index is 1.86. The van der Waals surface area contributed by atoms with Gasteiger partial charge in [-0.15, -0.1) is 0 Å². The van der Waals surface area contributed by atoms with Gasteiger partial charge in [0.25, 0.3) is 0 Å². The molecule has 0 amide bonds. The minimum atomic E-state index is -0.494. The van der Waals surface area contributed by atoms with Crippen molar-refractivity contribution in [2.45, 2.75) is 20.3 Å². The first-order chi connectivity index (χ1) is 11.4. The highest BCUT2D eigenvalue weighted by molar-refractivity contribution is 5.82. The first kappa shape index (κ1) is 15.9. The van der Waals surface area contributed by atoms with Crippen LogP contribution >= 0.6 is 0 Å². The molecule has 0 saturated heterocycles. The number of hydrogen-bond donors (Lipinski definition) is 1. The zero-order chi connectivity index (χ0) is 17.3. The number of rotatable bonds is 5. The summed E-state index contributed by atoms with van der Waals surface area (Å²) in [4.78, 5) is 34.5. The van der Waals surface area contributed by atoms with Gasteiger partial charge in [0.1, 0.15) is 25.9 Å². The van der Waals surface area contributed by atoms with Crippen LogP contribution in [0.15, 0.2) is 18.2 Å². The Morgan fingerprint density at radius 2 is 1.92 bits per heavy atom. The molecule has 2 aromatic heterocycles. The molecule has 0 unspecified atom stereocenters. The Bertz CT molecular complexity index is 824. The summed E-state index contributed by atoms with van der Waals surface area (Å²) >= 11 is 0. The van der Waals surface area contributed by atoms with Gasteiger partial charge in [-0.25, -0.2) is 15.0 Å². The average molecular weight is 331 g/mol. The highest BCUT2D eigenvalue weighted by atomic mass is 16.5. The van der Waals surface area contributed by atoms with Gasteiger partial charge < -0.3 is 15.2 Å². The third-order valence-corrected chi connectivity index (χ3v) is 3.87. The van der Waals surface area contributed by atoms with Gasteiger partial charge in [-0.2, -0.15) is 0 Å². The van der Waals surface area contributed by atoms with E-state index in [2.05, 4.69) is 15.0 Å². The first-order valence-electron chi connectivity index (χ1n) is 7.32. The van der Waals surface area contributed by atoms with E-state index in [1.54, 1.807) is 10.9 Å². The fourth-order valence-corrected chi connectivity index (χ4v) is 2.44. The third kappa shape index (κ3) is 3.05. The standard InChI is InChI=1S/C15H17N5O4/c1-9(21)23-5-15(6-24-10(2)22)3-11(15)4-20-8-19-12-13(16)17-7-18-14(12)20/h4,7-8H,3,5-6H2,1-2H3,(H2,16,17,18)/b11-4+. The smallest absolute Gasteiger partial charge is 0.302 e. The van der Waals surface area contributed by atoms with Crippen molar-refractivity contribution in [3.05, 3.63) is 18.2 Å². The number of nitrogen functional groups attached to an aromatic ring is 1. The largest absolute Gasteiger partial charge is 0.465 e. The fourth-order valence-electron chi connectivity index (χ4n) is 2.44. The highest BCUT2D eigenvalue weighted by Crippen LogP contribution is 2.53. The van der Waals surface area contributed by atoms with Crippen molar-refractivity contribution in [2.24, 2.45) is 5.41 Å². The van der Waals surface area contributed by atoms with Crippen LogP contribution in [0.1, 0.15) is 20.3 Å². The van der Waals surface area contributed by atoms with Crippen LogP contribution in [0.2, 0.25) is 0 Å². The van der Waals surface area contributed by atoms with Crippen molar-refractivity contribution < 1.29 is 19.1 Å². The molecule has 0 bridgehead atoms. The molecule has 9 heteroatoms. The summed E-state index contributed by atoms with van der Waals surface area (Å²) in [5, 5.41) is 0. The van der Waals surface area contributed by atoms with Gasteiger partial charge in [0.2, 0.25) is 0 Å². The molecule has 2 N–H and O–H groups in total. The number of nitrogens with two attached hydrogens (primary N) is 1. The van der Waals surface area contributed by atoms with Gasteiger partial charge >= 0.3 is 11.9 Å². The zero-order valence-corrected chi connectivity index (χ0v) is 13.4. The third-order valence-electron chi connectivity index (χ3n) is 3.87. The minimum Gasteiger partial charge on any atom is -0.465 e. The predicted molar refractivity (Wildman–Crippen MR) is 84.3 cm³/mol. The van der Waals surface area contributed by atoms with E-state index in [-0.39, 0.29) is 25.2 Å². The molecule has 0 atom stereocenters. The number of aromatic nitrogens is 4. The van der Waals surface area contributed by atoms with Crippen molar-refractivity contribution in [2.75, 3.05) is 18.9 Å². The molecule has 0 spiro atoms. The van der Waals surface area contributed by atoms with Crippen molar-refractivity contribution in [1.82, 2.24) is 19.5 Å². The number of nitrogens with zero attached hydrogens (tertiary/aromatic N) is 4. The van der Waals surface area contributed by atoms with Gasteiger partial charge in [-0.1, -0.05) is 0 Å². The van der Waals surface area contributed by atoms with Crippen LogP contribution in [0.4, 0.5) is 5.82 Å². The fraction of sp³-hybridized carbons (Fsp3) is 0.400. The van der Waals surface area contributed by atoms with E-state index in [1.165, 1.54) is 20.2 Å². The van der Waals surface area contributed by atoms with E-state index in [4.69, 9.17) is 15.2 Å². The summed E-state index contributed by atoms with van der Waals surface area (Å²) in [5.41, 5.74) is 7.34. The van der Waals surface area contributed by atoms with Crippen molar-refractivity contribution in [3.63, 3.8) is 0 Å².